The molecule has 0 aliphatic carbocycles. The number of hydrogen-bond donors (Lipinski definition) is 1. The molecule has 3 heterocycles. The first-order chi connectivity index (χ1) is 15.6. The molecule has 0 radical (unpaired) electrons. The second kappa shape index (κ2) is 8.59. The summed E-state index contributed by atoms with van der Waals surface area (Å²) in [6, 6.07) is 17.3. The van der Waals surface area contributed by atoms with E-state index in [4.69, 9.17) is 0 Å². The number of amides is 1. The smallest absolute Gasteiger partial charge is 0.274 e. The van der Waals surface area contributed by atoms with Gasteiger partial charge in [0, 0.05) is 31.1 Å². The van der Waals surface area contributed by atoms with E-state index >= 15 is 0 Å². The number of nitrogens with one attached hydrogen (secondary N) is 1. The molecule has 1 saturated heterocycles. The summed E-state index contributed by atoms with van der Waals surface area (Å²) in [5.74, 6) is -0.117. The van der Waals surface area contributed by atoms with E-state index in [-0.39, 0.29) is 11.5 Å². The molecular formula is C25H24N4O2S. The zero-order valence-corrected chi connectivity index (χ0v) is 18.7. The van der Waals surface area contributed by atoms with E-state index in [9.17, 15) is 9.59 Å². The van der Waals surface area contributed by atoms with Gasteiger partial charge in [-0.3, -0.25) is 9.59 Å². The zero-order valence-electron chi connectivity index (χ0n) is 17.9. The first-order valence-electron chi connectivity index (χ1n) is 10.8. The number of nitrogens with zero attached hydrogens (tertiary/aromatic N) is 3. The third-order valence-corrected chi connectivity index (χ3v) is 6.79. The molecule has 4 aromatic rings. The first-order valence-corrected chi connectivity index (χ1v) is 11.7. The molecule has 1 aliphatic heterocycles. The van der Waals surface area contributed by atoms with Crippen molar-refractivity contribution in [3.05, 3.63) is 75.2 Å². The van der Waals surface area contributed by atoms with Crippen LogP contribution in [-0.4, -0.2) is 28.8 Å². The number of rotatable bonds is 4. The molecule has 1 amide bonds. The molecule has 2 aromatic carbocycles. The Bertz CT molecular complexity index is 1340. The van der Waals surface area contributed by atoms with Gasteiger partial charge in [0.1, 0.15) is 0 Å². The van der Waals surface area contributed by atoms with Gasteiger partial charge < -0.3 is 10.2 Å². The third-order valence-electron chi connectivity index (χ3n) is 5.92. The lowest BCUT2D eigenvalue weighted by Crippen LogP contribution is -2.30. The Hall–Kier alpha value is -3.45. The summed E-state index contributed by atoms with van der Waals surface area (Å²) in [7, 11) is 1.67. The summed E-state index contributed by atoms with van der Waals surface area (Å²) >= 11 is 1.42. The van der Waals surface area contributed by atoms with Crippen LogP contribution < -0.4 is 15.8 Å². The number of thiophene rings is 1. The predicted molar refractivity (Wildman–Crippen MR) is 131 cm³/mol. The van der Waals surface area contributed by atoms with Crippen molar-refractivity contribution in [1.82, 2.24) is 9.78 Å². The molecule has 6 nitrogen and oxygen atoms in total. The number of benzene rings is 2. The SMILES string of the molecule is Cn1nc(-c2ccc(N3CCCCC3)c(NC(=O)c3cccs3)c2)c2ccccc2c1=O. The monoisotopic (exact) mass is 444 g/mol. The highest BCUT2D eigenvalue weighted by Crippen LogP contribution is 2.35. The van der Waals surface area contributed by atoms with Crippen molar-refractivity contribution in [2.75, 3.05) is 23.3 Å². The van der Waals surface area contributed by atoms with Gasteiger partial charge in [0.25, 0.3) is 11.5 Å². The molecular weight excluding hydrogens is 420 g/mol. The molecule has 0 saturated carbocycles. The van der Waals surface area contributed by atoms with Gasteiger partial charge in [-0.2, -0.15) is 5.10 Å². The van der Waals surface area contributed by atoms with E-state index in [0.29, 0.717) is 10.3 Å². The van der Waals surface area contributed by atoms with Crippen molar-refractivity contribution in [2.45, 2.75) is 19.3 Å². The average Bonchev–Trinajstić information content (AvgIpc) is 3.37. The molecule has 0 atom stereocenters. The molecule has 2 aromatic heterocycles. The Balaban J connectivity index is 1.63. The summed E-state index contributed by atoms with van der Waals surface area (Å²) in [4.78, 5) is 28.5. The number of piperidine rings is 1. The maximum Gasteiger partial charge on any atom is 0.274 e. The Morgan fingerprint density at radius 1 is 1.00 bits per heavy atom. The Morgan fingerprint density at radius 3 is 2.53 bits per heavy atom. The molecule has 0 spiro atoms. The fraction of sp³-hybridized carbons (Fsp3) is 0.240. The topological polar surface area (TPSA) is 67.2 Å². The lowest BCUT2D eigenvalue weighted by Gasteiger charge is -2.31. The van der Waals surface area contributed by atoms with Crippen LogP contribution in [-0.2, 0) is 7.05 Å². The summed E-state index contributed by atoms with van der Waals surface area (Å²) in [5, 5.41) is 11.0. The van der Waals surface area contributed by atoms with Gasteiger partial charge in [-0.1, -0.05) is 30.3 Å². The molecule has 1 fully saturated rings. The molecule has 32 heavy (non-hydrogen) atoms. The molecule has 1 N–H and O–H groups in total. The first kappa shape index (κ1) is 20.5. The van der Waals surface area contributed by atoms with E-state index in [0.717, 1.165) is 53.9 Å². The average molecular weight is 445 g/mol. The Labute approximate surface area is 190 Å². The Kier molecular flexibility index (Phi) is 5.49. The maximum atomic E-state index is 12.9. The van der Waals surface area contributed by atoms with Crippen molar-refractivity contribution < 1.29 is 4.79 Å². The van der Waals surface area contributed by atoms with Crippen LogP contribution in [0.15, 0.2) is 64.8 Å². The largest absolute Gasteiger partial charge is 0.370 e. The quantitative estimate of drug-likeness (QED) is 0.486. The lowest BCUT2D eigenvalue weighted by atomic mass is 10.0. The highest BCUT2D eigenvalue weighted by molar-refractivity contribution is 7.12. The van der Waals surface area contributed by atoms with E-state index in [2.05, 4.69) is 21.4 Å². The predicted octanol–water partition coefficient (Wildman–Crippen LogP) is 4.90. The standard InChI is InChI=1S/C25H24N4O2S/c1-28-25(31)19-9-4-3-8-18(19)23(27-28)17-11-12-21(29-13-5-2-6-14-29)20(16-17)26-24(30)22-10-7-15-32-22/h3-4,7-12,15-16H,2,5-6,13-14H2,1H3,(H,26,30). The number of anilines is 2. The highest BCUT2D eigenvalue weighted by atomic mass is 32.1. The second-order valence-electron chi connectivity index (χ2n) is 8.03. The molecule has 162 valence electrons. The summed E-state index contributed by atoms with van der Waals surface area (Å²) in [6.07, 6.45) is 3.53. The minimum absolute atomic E-state index is 0.117. The number of carbonyl (C=O) groups excluding carboxylic acids is 1. The summed E-state index contributed by atoms with van der Waals surface area (Å²) in [5.41, 5.74) is 3.24. The summed E-state index contributed by atoms with van der Waals surface area (Å²) < 4.78 is 1.38. The van der Waals surface area contributed by atoms with Gasteiger partial charge in [-0.05, 0) is 48.9 Å². The maximum absolute atomic E-state index is 12.9. The van der Waals surface area contributed by atoms with E-state index < -0.39 is 0 Å². The molecule has 5 rings (SSSR count). The van der Waals surface area contributed by atoms with E-state index in [1.54, 1.807) is 7.05 Å². The van der Waals surface area contributed by atoms with Crippen molar-refractivity contribution in [3.8, 4) is 11.3 Å². The van der Waals surface area contributed by atoms with Crippen LogP contribution in [0.5, 0.6) is 0 Å². The van der Waals surface area contributed by atoms with Crippen LogP contribution >= 0.6 is 11.3 Å². The van der Waals surface area contributed by atoms with Gasteiger partial charge in [-0.15, -0.1) is 11.3 Å². The van der Waals surface area contributed by atoms with E-state index in [1.807, 2.05) is 53.9 Å². The second-order valence-corrected chi connectivity index (χ2v) is 8.98. The number of aryl methyl sites for hydroxylation is 1. The van der Waals surface area contributed by atoms with Gasteiger partial charge in [0.05, 0.1) is 27.3 Å². The fourth-order valence-electron chi connectivity index (χ4n) is 4.30. The molecule has 0 unspecified atom stereocenters. The van der Waals surface area contributed by atoms with E-state index in [1.165, 1.54) is 22.4 Å². The normalized spacial score (nSPS) is 14.0. The van der Waals surface area contributed by atoms with Crippen molar-refractivity contribution in [1.29, 1.82) is 0 Å². The molecule has 1 aliphatic rings. The number of aromatic nitrogens is 2. The van der Waals surface area contributed by atoms with Crippen LogP contribution in [0.25, 0.3) is 22.0 Å². The van der Waals surface area contributed by atoms with Gasteiger partial charge in [0.15, 0.2) is 0 Å². The zero-order chi connectivity index (χ0) is 22.1. The third kappa shape index (κ3) is 3.80. The van der Waals surface area contributed by atoms with Crippen LogP contribution in [0.2, 0.25) is 0 Å². The fourth-order valence-corrected chi connectivity index (χ4v) is 4.92. The number of fused-ring (bicyclic) bond motifs is 1. The molecule has 7 heteroatoms. The van der Waals surface area contributed by atoms with Crippen LogP contribution in [0, 0.1) is 0 Å². The Morgan fingerprint density at radius 2 is 1.78 bits per heavy atom. The molecule has 0 bridgehead atoms. The van der Waals surface area contributed by atoms with Crippen LogP contribution in [0.4, 0.5) is 11.4 Å². The van der Waals surface area contributed by atoms with Crippen LogP contribution in [0.3, 0.4) is 0 Å². The minimum Gasteiger partial charge on any atom is -0.370 e. The van der Waals surface area contributed by atoms with Gasteiger partial charge in [-0.25, -0.2) is 4.68 Å². The van der Waals surface area contributed by atoms with Crippen LogP contribution in [0.1, 0.15) is 28.9 Å². The van der Waals surface area contributed by atoms with Crippen molar-refractivity contribution in [2.24, 2.45) is 7.05 Å². The van der Waals surface area contributed by atoms with Gasteiger partial charge >= 0.3 is 0 Å². The number of hydrogen-bond acceptors (Lipinski definition) is 5. The minimum atomic E-state index is -0.125. The van der Waals surface area contributed by atoms with Gasteiger partial charge in [0.2, 0.25) is 0 Å². The summed E-state index contributed by atoms with van der Waals surface area (Å²) in [6.45, 7) is 1.95. The lowest BCUT2D eigenvalue weighted by molar-refractivity contribution is 0.103. The van der Waals surface area contributed by atoms with Crippen molar-refractivity contribution >= 4 is 39.4 Å². The van der Waals surface area contributed by atoms with Crippen molar-refractivity contribution in [3.63, 3.8) is 0 Å². The number of carbonyl (C=O) groups is 1. The highest BCUT2D eigenvalue weighted by Gasteiger charge is 2.19.